The Labute approximate surface area is 249 Å². The number of hydrogen-bond donors (Lipinski definition) is 6. The van der Waals surface area contributed by atoms with Crippen molar-refractivity contribution in [2.75, 3.05) is 18.1 Å². The van der Waals surface area contributed by atoms with Crippen LogP contribution in [0.4, 0.5) is 10.1 Å². The third kappa shape index (κ3) is 7.12. The predicted molar refractivity (Wildman–Crippen MR) is 164 cm³/mol. The van der Waals surface area contributed by atoms with Gasteiger partial charge in [0.25, 0.3) is 0 Å². The van der Waals surface area contributed by atoms with Gasteiger partial charge in [0.2, 0.25) is 6.35 Å². The molecule has 11 heteroatoms. The number of aromatic amines is 1. The van der Waals surface area contributed by atoms with Gasteiger partial charge in [-0.05, 0) is 92.8 Å². The predicted octanol–water partition coefficient (Wildman–Crippen LogP) is 3.43. The molecular weight excluding hydrogens is 557 g/mol. The molecule has 1 unspecified atom stereocenters. The third-order valence-electron chi connectivity index (χ3n) is 7.91. The van der Waals surface area contributed by atoms with Gasteiger partial charge in [-0.3, -0.25) is 5.41 Å². The highest BCUT2D eigenvalue weighted by Crippen LogP contribution is 2.33. The quantitative estimate of drug-likeness (QED) is 0.156. The summed E-state index contributed by atoms with van der Waals surface area (Å²) >= 11 is 6.26. The minimum Gasteiger partial charge on any atom is -0.378 e. The van der Waals surface area contributed by atoms with Crippen LogP contribution in [0.3, 0.4) is 0 Å². The van der Waals surface area contributed by atoms with Crippen LogP contribution >= 0.6 is 11.6 Å². The zero-order chi connectivity index (χ0) is 29.8. The molecule has 0 bridgehead atoms. The topological polar surface area (TPSA) is 149 Å². The van der Waals surface area contributed by atoms with E-state index in [-0.39, 0.29) is 23.1 Å². The van der Waals surface area contributed by atoms with Crippen molar-refractivity contribution in [2.45, 2.75) is 69.9 Å². The number of halogens is 2. The Morgan fingerprint density at radius 1 is 1.31 bits per heavy atom. The molecule has 2 aromatic carbocycles. The average molecular weight is 596 g/mol. The second kappa shape index (κ2) is 13.2. The second-order valence-electron chi connectivity index (χ2n) is 11.2. The number of aromatic nitrogens is 1. The molecule has 1 fully saturated rings. The minimum atomic E-state index is -1.13. The molecule has 0 amide bonds. The molecule has 1 saturated heterocycles. The molecule has 9 nitrogen and oxygen atoms in total. The maximum Gasteiger partial charge on any atom is 0.231 e. The van der Waals surface area contributed by atoms with Crippen molar-refractivity contribution in [1.82, 2.24) is 10.3 Å². The van der Waals surface area contributed by atoms with Gasteiger partial charge in [0.15, 0.2) is 11.8 Å². The lowest BCUT2D eigenvalue weighted by Gasteiger charge is -2.30. The highest BCUT2D eigenvalue weighted by Gasteiger charge is 2.25. The number of benzene rings is 2. The average Bonchev–Trinajstić information content (AvgIpc) is 3.37. The molecule has 0 radical (unpaired) electrons. The van der Waals surface area contributed by atoms with E-state index in [9.17, 15) is 5.11 Å². The normalized spacial score (nSPS) is 20.8. The van der Waals surface area contributed by atoms with Crippen LogP contribution in [0.25, 0.3) is 17.5 Å². The smallest absolute Gasteiger partial charge is 0.231 e. The number of nitrogens with two attached hydrogens (primary N) is 2. The fraction of sp³-hybridized carbons (Fsp3) is 0.419. The summed E-state index contributed by atoms with van der Waals surface area (Å²) in [4.78, 5) is 9.29. The second-order valence-corrected chi connectivity index (χ2v) is 11.6. The van der Waals surface area contributed by atoms with Crippen LogP contribution < -0.4 is 32.4 Å². The first-order chi connectivity index (χ1) is 20.2. The standard InChI is InChI=1S/C31H39ClFN7O2/c1-18(34)3-2-4-19-13-25(28(33)26(32)14-19)27-16-22-17-40(31(41)39-29(22)38-27)23-7-5-20(6-8-23)21-10-12-42-24(15-21)9-11-37-30(35)36/h5-8,13-14,16-18,21,24,31,41H,2-4,9-12,15,34H2,1H3,(H,38,39)(H4,35,36,37)/t18-,21-,24+,31?/m0/s1. The highest BCUT2D eigenvalue weighted by molar-refractivity contribution is 6.31. The number of ether oxygens (including phenoxy) is 1. The summed E-state index contributed by atoms with van der Waals surface area (Å²) in [6.45, 7) is 3.27. The number of hydrogen-bond acceptors (Lipinski definition) is 6. The molecule has 5 rings (SSSR count). The number of nitrogens with zero attached hydrogens (tertiary/aromatic N) is 2. The molecule has 2 aliphatic heterocycles. The molecule has 3 aromatic rings. The summed E-state index contributed by atoms with van der Waals surface area (Å²) < 4.78 is 21.0. The maximum absolute atomic E-state index is 15.1. The molecule has 8 N–H and O–H groups in total. The number of aliphatic hydroxyl groups is 1. The number of nitrogens with one attached hydrogen (secondary N) is 3. The summed E-state index contributed by atoms with van der Waals surface area (Å²) in [5.41, 5.74) is 15.6. The van der Waals surface area contributed by atoms with E-state index in [1.807, 2.05) is 37.4 Å². The molecule has 1 aromatic heterocycles. The van der Waals surface area contributed by atoms with Crippen LogP contribution in [0.1, 0.15) is 56.1 Å². The lowest BCUT2D eigenvalue weighted by atomic mass is 9.87. The van der Waals surface area contributed by atoms with Gasteiger partial charge in [0.05, 0.1) is 16.8 Å². The van der Waals surface area contributed by atoms with Crippen LogP contribution in [0.2, 0.25) is 5.02 Å². The number of H-pyrrole nitrogens is 1. The van der Waals surface area contributed by atoms with E-state index in [0.29, 0.717) is 35.8 Å². The van der Waals surface area contributed by atoms with Gasteiger partial charge in [0, 0.05) is 41.9 Å². The number of aliphatic hydroxyl groups excluding tert-OH is 1. The van der Waals surface area contributed by atoms with Crippen molar-refractivity contribution >= 4 is 29.4 Å². The van der Waals surface area contributed by atoms with E-state index in [2.05, 4.69) is 27.4 Å². The number of fused-ring (bicyclic) bond motifs is 1. The first-order valence-corrected chi connectivity index (χ1v) is 14.8. The molecule has 42 heavy (non-hydrogen) atoms. The lowest BCUT2D eigenvalue weighted by Crippen LogP contribution is -2.41. The van der Waals surface area contributed by atoms with E-state index in [1.54, 1.807) is 11.0 Å². The van der Waals surface area contributed by atoms with Crippen LogP contribution in [-0.2, 0) is 11.2 Å². The van der Waals surface area contributed by atoms with Gasteiger partial charge < -0.3 is 36.5 Å². The first kappa shape index (κ1) is 30.0. The highest BCUT2D eigenvalue weighted by atomic mass is 35.5. The summed E-state index contributed by atoms with van der Waals surface area (Å²) in [7, 11) is 0. The molecule has 4 atom stereocenters. The van der Waals surface area contributed by atoms with Crippen molar-refractivity contribution in [1.29, 1.82) is 5.41 Å². The van der Waals surface area contributed by atoms with Crippen molar-refractivity contribution in [2.24, 2.45) is 16.5 Å². The summed E-state index contributed by atoms with van der Waals surface area (Å²) in [6, 6.07) is 13.6. The minimum absolute atomic E-state index is 0.0288. The SMILES string of the molecule is C[C@H](N)CCCc1cc(Cl)c(F)c(-c2cc3c([nH]2)=NC(O)N(c2ccc([C@H]4CCO[C@H](CCNC(=N)N)C4)cc2)C=3)c1. The first-order valence-electron chi connectivity index (χ1n) is 14.5. The summed E-state index contributed by atoms with van der Waals surface area (Å²) in [6.07, 6.45) is 5.94. The Morgan fingerprint density at radius 2 is 2.10 bits per heavy atom. The van der Waals surface area contributed by atoms with Crippen molar-refractivity contribution < 1.29 is 14.2 Å². The van der Waals surface area contributed by atoms with Crippen LogP contribution in [-0.4, -0.2) is 47.7 Å². The maximum atomic E-state index is 15.1. The van der Waals surface area contributed by atoms with Crippen molar-refractivity contribution in [3.63, 3.8) is 0 Å². The fourth-order valence-electron chi connectivity index (χ4n) is 5.70. The van der Waals surface area contributed by atoms with Gasteiger partial charge in [0.1, 0.15) is 5.49 Å². The number of aryl methyl sites for hydroxylation is 1. The Kier molecular flexibility index (Phi) is 9.47. The number of guanidine groups is 1. The Balaban J connectivity index is 1.32. The molecule has 0 saturated carbocycles. The van der Waals surface area contributed by atoms with Gasteiger partial charge >= 0.3 is 0 Å². The third-order valence-corrected chi connectivity index (χ3v) is 8.19. The molecule has 3 heterocycles. The number of rotatable bonds is 10. The van der Waals surface area contributed by atoms with Crippen LogP contribution in [0.5, 0.6) is 0 Å². The van der Waals surface area contributed by atoms with Gasteiger partial charge in [-0.1, -0.05) is 23.7 Å². The van der Waals surface area contributed by atoms with E-state index in [4.69, 9.17) is 33.2 Å². The van der Waals surface area contributed by atoms with Gasteiger partial charge in [-0.25, -0.2) is 9.38 Å². The lowest BCUT2D eigenvalue weighted by molar-refractivity contribution is 0.00288. The Bertz CT molecular complexity index is 1530. The van der Waals surface area contributed by atoms with Crippen LogP contribution in [0, 0.1) is 11.2 Å². The molecule has 224 valence electrons. The Hall–Kier alpha value is -3.44. The monoisotopic (exact) mass is 595 g/mol. The van der Waals surface area contributed by atoms with Crippen LogP contribution in [0.15, 0.2) is 47.5 Å². The van der Waals surface area contributed by atoms with Gasteiger partial charge in [-0.15, -0.1) is 0 Å². The van der Waals surface area contributed by atoms with E-state index < -0.39 is 12.2 Å². The molecule has 0 aliphatic carbocycles. The van der Waals surface area contributed by atoms with Crippen molar-refractivity contribution in [3.8, 4) is 11.3 Å². The Morgan fingerprint density at radius 3 is 2.83 bits per heavy atom. The van der Waals surface area contributed by atoms with Gasteiger partial charge in [-0.2, -0.15) is 0 Å². The largest absolute Gasteiger partial charge is 0.378 e. The van der Waals surface area contributed by atoms with E-state index in [1.165, 1.54) is 5.56 Å². The molecule has 2 aliphatic rings. The zero-order valence-electron chi connectivity index (χ0n) is 23.7. The van der Waals surface area contributed by atoms with E-state index in [0.717, 1.165) is 55.0 Å². The molecule has 0 spiro atoms. The van der Waals surface area contributed by atoms with Crippen molar-refractivity contribution in [3.05, 3.63) is 75.1 Å². The number of anilines is 1. The molecular formula is C31H39ClFN7O2. The fourth-order valence-corrected chi connectivity index (χ4v) is 5.94. The summed E-state index contributed by atoms with van der Waals surface area (Å²) in [5.74, 6) is -0.159. The summed E-state index contributed by atoms with van der Waals surface area (Å²) in [5, 5.41) is 21.8. The zero-order valence-corrected chi connectivity index (χ0v) is 24.5. The van der Waals surface area contributed by atoms with E-state index >= 15 is 4.39 Å².